The van der Waals surface area contributed by atoms with Gasteiger partial charge in [0.1, 0.15) is 5.82 Å². The summed E-state index contributed by atoms with van der Waals surface area (Å²) in [5.74, 6) is 1.23. The molecular weight excluding hydrogens is 411 g/mol. The van der Waals surface area contributed by atoms with Crippen molar-refractivity contribution in [3.63, 3.8) is 0 Å². The van der Waals surface area contributed by atoms with Gasteiger partial charge >= 0.3 is 0 Å². The molecule has 0 amide bonds. The molecule has 4 heterocycles. The third-order valence-electron chi connectivity index (χ3n) is 5.32. The Bertz CT molecular complexity index is 1050. The Labute approximate surface area is 177 Å². The molecule has 2 bridgehead atoms. The maximum atomic E-state index is 11.0. The summed E-state index contributed by atoms with van der Waals surface area (Å²) in [7, 11) is 0. The van der Waals surface area contributed by atoms with Gasteiger partial charge in [-0.15, -0.1) is 0 Å². The number of aliphatic hydroxyl groups excluding tert-OH is 1. The second-order valence-electron chi connectivity index (χ2n) is 7.07. The molecule has 2 N–H and O–H groups in total. The molecule has 29 heavy (non-hydrogen) atoms. The smallest absolute Gasteiger partial charge is 0.208 e. The van der Waals surface area contributed by atoms with Gasteiger partial charge in [-0.25, -0.2) is 9.97 Å². The first-order valence-electron chi connectivity index (χ1n) is 9.30. The summed E-state index contributed by atoms with van der Waals surface area (Å²) in [4.78, 5) is 17.4. The maximum absolute atomic E-state index is 11.0. The third kappa shape index (κ3) is 3.35. The van der Waals surface area contributed by atoms with Gasteiger partial charge < -0.3 is 20.2 Å². The molecule has 2 aliphatic heterocycles. The zero-order chi connectivity index (χ0) is 20.0. The molecule has 148 valence electrons. The molecule has 1 aromatic carbocycles. The van der Waals surface area contributed by atoms with Gasteiger partial charge in [-0.3, -0.25) is 4.98 Å². The van der Waals surface area contributed by atoms with E-state index in [1.54, 1.807) is 30.7 Å². The van der Waals surface area contributed by atoms with Crippen molar-refractivity contribution in [2.45, 2.75) is 18.8 Å². The number of nitrogens with one attached hydrogen (secondary N) is 1. The van der Waals surface area contributed by atoms with Crippen LogP contribution in [0.3, 0.4) is 0 Å². The number of halogens is 2. The van der Waals surface area contributed by atoms with Crippen molar-refractivity contribution < 1.29 is 5.11 Å². The number of rotatable bonds is 4. The lowest BCUT2D eigenvalue weighted by atomic mass is 10.1. The third-order valence-corrected chi connectivity index (χ3v) is 6.05. The Balaban J connectivity index is 1.53. The van der Waals surface area contributed by atoms with Crippen molar-refractivity contribution in [2.75, 3.05) is 28.2 Å². The van der Waals surface area contributed by atoms with Gasteiger partial charge in [0, 0.05) is 31.0 Å². The molecule has 2 atom stereocenters. The van der Waals surface area contributed by atoms with Crippen LogP contribution in [-0.4, -0.2) is 45.5 Å². The molecule has 0 radical (unpaired) electrons. The van der Waals surface area contributed by atoms with Crippen molar-refractivity contribution in [3.8, 4) is 11.3 Å². The van der Waals surface area contributed by atoms with Crippen LogP contribution in [-0.2, 0) is 0 Å². The van der Waals surface area contributed by atoms with E-state index in [-0.39, 0.29) is 6.04 Å². The first kappa shape index (κ1) is 18.4. The zero-order valence-electron chi connectivity index (χ0n) is 15.3. The molecule has 1 unspecified atom stereocenters. The Morgan fingerprint density at radius 1 is 1.14 bits per heavy atom. The molecule has 9 heteroatoms. The van der Waals surface area contributed by atoms with E-state index in [2.05, 4.69) is 20.2 Å². The lowest BCUT2D eigenvalue weighted by molar-refractivity contribution is 0.184. The number of pyridine rings is 1. The zero-order valence-corrected chi connectivity index (χ0v) is 16.8. The van der Waals surface area contributed by atoms with Gasteiger partial charge in [0.2, 0.25) is 6.35 Å². The number of aliphatic hydroxyl groups is 1. The highest BCUT2D eigenvalue weighted by Gasteiger charge is 2.40. The molecule has 5 rings (SSSR count). The summed E-state index contributed by atoms with van der Waals surface area (Å²) in [6, 6.07) is 9.61. The van der Waals surface area contributed by atoms with Crippen LogP contribution in [0, 0.1) is 0 Å². The number of hydrogen-bond acceptors (Lipinski definition) is 7. The van der Waals surface area contributed by atoms with Crippen LogP contribution in [0.4, 0.5) is 17.3 Å². The lowest BCUT2D eigenvalue weighted by Gasteiger charge is -2.40. The number of aromatic nitrogens is 3. The minimum atomic E-state index is -0.979. The van der Waals surface area contributed by atoms with Gasteiger partial charge in [-0.1, -0.05) is 29.3 Å². The van der Waals surface area contributed by atoms with Gasteiger partial charge in [0.05, 0.1) is 33.7 Å². The SMILES string of the molecule is OC(Nc1cnccn1)N1c2nc(-c3ccc(Cl)c(Cl)c3)ccc2N2CC[C@H]1C2. The summed E-state index contributed by atoms with van der Waals surface area (Å²) < 4.78 is 0. The predicted molar refractivity (Wildman–Crippen MR) is 114 cm³/mol. The van der Waals surface area contributed by atoms with E-state index in [1.165, 1.54) is 0 Å². The number of fused-ring (bicyclic) bond motifs is 4. The maximum Gasteiger partial charge on any atom is 0.208 e. The van der Waals surface area contributed by atoms with Crippen LogP contribution in [0.25, 0.3) is 11.3 Å². The second-order valence-corrected chi connectivity index (χ2v) is 7.89. The molecule has 1 saturated heterocycles. The number of anilines is 3. The van der Waals surface area contributed by atoms with E-state index >= 15 is 0 Å². The average Bonchev–Trinajstić information content (AvgIpc) is 3.15. The fourth-order valence-corrected chi connectivity index (χ4v) is 4.24. The Hall–Kier alpha value is -2.61. The van der Waals surface area contributed by atoms with Gasteiger partial charge in [-0.05, 0) is 30.7 Å². The van der Waals surface area contributed by atoms with Gasteiger partial charge in [0.15, 0.2) is 5.82 Å². The number of nitrogens with zero attached hydrogens (tertiary/aromatic N) is 5. The minimum absolute atomic E-state index is 0.151. The topological polar surface area (TPSA) is 77.4 Å². The number of hydrogen-bond donors (Lipinski definition) is 2. The summed E-state index contributed by atoms with van der Waals surface area (Å²) in [5, 5.41) is 15.0. The molecule has 3 aromatic rings. The monoisotopic (exact) mass is 428 g/mol. The largest absolute Gasteiger partial charge is 0.366 e. The summed E-state index contributed by atoms with van der Waals surface area (Å²) in [5.41, 5.74) is 2.63. The first-order valence-corrected chi connectivity index (χ1v) is 10.1. The van der Waals surface area contributed by atoms with Crippen LogP contribution < -0.4 is 15.1 Å². The van der Waals surface area contributed by atoms with E-state index in [0.717, 1.165) is 42.3 Å². The first-order chi connectivity index (χ1) is 14.1. The Kier molecular flexibility index (Phi) is 4.66. The molecule has 0 aliphatic carbocycles. The number of benzene rings is 1. The van der Waals surface area contributed by atoms with Crippen LogP contribution in [0.5, 0.6) is 0 Å². The summed E-state index contributed by atoms with van der Waals surface area (Å²) >= 11 is 12.2. The van der Waals surface area contributed by atoms with Crippen LogP contribution in [0.2, 0.25) is 10.0 Å². The molecule has 0 spiro atoms. The molecule has 1 fully saturated rings. The fraction of sp³-hybridized carbons (Fsp3) is 0.250. The van der Waals surface area contributed by atoms with E-state index in [1.807, 2.05) is 23.1 Å². The van der Waals surface area contributed by atoms with Gasteiger partial charge in [-0.2, -0.15) is 0 Å². The standard InChI is InChI=1S/C20H18Cl2N6O/c21-14-2-1-12(9-15(14)22)16-3-4-17-19(25-16)28(13-5-8-27(17)11-13)20(29)26-18-10-23-6-7-24-18/h1-4,6-7,9-10,13,20,29H,5,8,11H2,(H,24,26)/t13-,20?/m0/s1. The Morgan fingerprint density at radius 3 is 2.83 bits per heavy atom. The molecule has 0 saturated carbocycles. The van der Waals surface area contributed by atoms with Crippen molar-refractivity contribution in [3.05, 3.63) is 59.0 Å². The normalized spacial score (nSPS) is 18.5. The summed E-state index contributed by atoms with van der Waals surface area (Å²) in [6.07, 6.45) is 4.71. The predicted octanol–water partition coefficient (Wildman–Crippen LogP) is 3.63. The van der Waals surface area contributed by atoms with Crippen LogP contribution in [0.1, 0.15) is 6.42 Å². The highest BCUT2D eigenvalue weighted by Crippen LogP contribution is 2.41. The fourth-order valence-electron chi connectivity index (χ4n) is 3.95. The second kappa shape index (κ2) is 7.33. The van der Waals surface area contributed by atoms with Gasteiger partial charge in [0.25, 0.3) is 0 Å². The van der Waals surface area contributed by atoms with Crippen molar-refractivity contribution in [2.24, 2.45) is 0 Å². The average molecular weight is 429 g/mol. The van der Waals surface area contributed by atoms with E-state index in [9.17, 15) is 5.11 Å². The molecule has 2 aliphatic rings. The highest BCUT2D eigenvalue weighted by atomic mass is 35.5. The minimum Gasteiger partial charge on any atom is -0.366 e. The quantitative estimate of drug-likeness (QED) is 0.614. The summed E-state index contributed by atoms with van der Waals surface area (Å²) in [6.45, 7) is 1.78. The molecular formula is C20H18Cl2N6O. The highest BCUT2D eigenvalue weighted by molar-refractivity contribution is 6.42. The van der Waals surface area contributed by atoms with E-state index < -0.39 is 6.35 Å². The lowest BCUT2D eigenvalue weighted by Crippen LogP contribution is -2.51. The molecule has 7 nitrogen and oxygen atoms in total. The van der Waals surface area contributed by atoms with Crippen LogP contribution >= 0.6 is 23.2 Å². The van der Waals surface area contributed by atoms with Crippen molar-refractivity contribution >= 4 is 40.5 Å². The Morgan fingerprint density at radius 2 is 2.03 bits per heavy atom. The molecule has 2 aromatic heterocycles. The van der Waals surface area contributed by atoms with E-state index in [0.29, 0.717) is 15.9 Å². The van der Waals surface area contributed by atoms with Crippen LogP contribution in [0.15, 0.2) is 48.9 Å². The van der Waals surface area contributed by atoms with Crippen molar-refractivity contribution in [1.82, 2.24) is 15.0 Å². The van der Waals surface area contributed by atoms with Crippen molar-refractivity contribution in [1.29, 1.82) is 0 Å². The van der Waals surface area contributed by atoms with E-state index in [4.69, 9.17) is 28.2 Å².